The molecule has 2 unspecified atom stereocenters. The van der Waals surface area contributed by atoms with E-state index in [1.807, 2.05) is 12.1 Å². The second-order valence-electron chi connectivity index (χ2n) is 6.28. The van der Waals surface area contributed by atoms with Gasteiger partial charge in [-0.05, 0) is 49.4 Å². The average Bonchev–Trinajstić information content (AvgIpc) is 2.62. The summed E-state index contributed by atoms with van der Waals surface area (Å²) in [6.07, 6.45) is 2.72. The first kappa shape index (κ1) is 17.5. The van der Waals surface area contributed by atoms with Gasteiger partial charge in [0, 0.05) is 10.9 Å². The molecule has 1 aliphatic rings. The van der Waals surface area contributed by atoms with Crippen LogP contribution in [0.3, 0.4) is 0 Å². The van der Waals surface area contributed by atoms with Crippen LogP contribution in [-0.2, 0) is 17.6 Å². The smallest absolute Gasteiger partial charge is 0.316 e. The summed E-state index contributed by atoms with van der Waals surface area (Å²) in [5, 5.41) is 11.6. The zero-order chi connectivity index (χ0) is 17.8. The van der Waals surface area contributed by atoms with Crippen molar-refractivity contribution in [2.45, 2.75) is 42.4 Å². The van der Waals surface area contributed by atoms with Crippen LogP contribution in [0.2, 0.25) is 0 Å². The average molecular weight is 355 g/mol. The van der Waals surface area contributed by atoms with Crippen LogP contribution in [0.15, 0.2) is 53.4 Å². The molecule has 130 valence electrons. The van der Waals surface area contributed by atoms with Crippen molar-refractivity contribution in [3.8, 4) is 0 Å². The number of thioether (sulfide) groups is 1. The molecule has 0 radical (unpaired) electrons. The lowest BCUT2D eigenvalue weighted by Gasteiger charge is -2.26. The molecule has 0 saturated carbocycles. The lowest BCUT2D eigenvalue weighted by molar-refractivity contribution is -0.136. The van der Waals surface area contributed by atoms with Gasteiger partial charge in [-0.3, -0.25) is 9.59 Å². The Hall–Kier alpha value is -2.27. The first-order chi connectivity index (χ1) is 12.0. The number of carboxylic acid groups (broad SMARTS) is 1. The van der Waals surface area contributed by atoms with Gasteiger partial charge in [-0.1, -0.05) is 36.4 Å². The largest absolute Gasteiger partial charge is 0.480 e. The van der Waals surface area contributed by atoms with Crippen LogP contribution in [0.4, 0.5) is 0 Å². The summed E-state index contributed by atoms with van der Waals surface area (Å²) in [5.41, 5.74) is 3.19. The van der Waals surface area contributed by atoms with E-state index < -0.39 is 11.2 Å². The molecule has 0 bridgehead atoms. The van der Waals surface area contributed by atoms with Crippen LogP contribution in [0.1, 0.15) is 34.8 Å². The molecule has 2 aromatic rings. The number of aliphatic carboxylic acids is 1. The predicted octanol–water partition coefficient (Wildman–Crippen LogP) is 3.54. The van der Waals surface area contributed by atoms with E-state index >= 15 is 0 Å². The Balaban J connectivity index is 1.71. The molecule has 2 N–H and O–H groups in total. The SMILES string of the molecule is CC(Sc1ccccc1C(=O)NC1CCc2ccccc2C1)C(=O)O. The Morgan fingerprint density at radius 3 is 2.56 bits per heavy atom. The van der Waals surface area contributed by atoms with Gasteiger partial charge in [0.25, 0.3) is 5.91 Å². The number of hydrogen-bond acceptors (Lipinski definition) is 3. The molecule has 1 amide bonds. The topological polar surface area (TPSA) is 66.4 Å². The maximum Gasteiger partial charge on any atom is 0.316 e. The first-order valence-corrected chi connectivity index (χ1v) is 9.28. The van der Waals surface area contributed by atoms with Gasteiger partial charge in [0.2, 0.25) is 0 Å². The van der Waals surface area contributed by atoms with Crippen LogP contribution >= 0.6 is 11.8 Å². The lowest BCUT2D eigenvalue weighted by atomic mass is 9.88. The molecule has 2 aromatic carbocycles. The number of aryl methyl sites for hydroxylation is 1. The predicted molar refractivity (Wildman–Crippen MR) is 99.1 cm³/mol. The standard InChI is InChI=1S/C20H21NO3S/c1-13(20(23)24)25-18-9-5-4-8-17(18)19(22)21-16-11-10-14-6-2-3-7-15(14)12-16/h2-9,13,16H,10-12H2,1H3,(H,21,22)(H,23,24). The molecule has 0 fully saturated rings. The lowest BCUT2D eigenvalue weighted by Crippen LogP contribution is -2.39. The van der Waals surface area contributed by atoms with Crippen molar-refractivity contribution in [2.24, 2.45) is 0 Å². The van der Waals surface area contributed by atoms with Gasteiger partial charge < -0.3 is 10.4 Å². The minimum absolute atomic E-state index is 0.109. The highest BCUT2D eigenvalue weighted by atomic mass is 32.2. The van der Waals surface area contributed by atoms with Crippen molar-refractivity contribution in [1.29, 1.82) is 0 Å². The van der Waals surface area contributed by atoms with Crippen LogP contribution < -0.4 is 5.32 Å². The van der Waals surface area contributed by atoms with Crippen molar-refractivity contribution < 1.29 is 14.7 Å². The molecule has 0 saturated heterocycles. The fraction of sp³-hybridized carbons (Fsp3) is 0.300. The Bertz CT molecular complexity index is 790. The summed E-state index contributed by atoms with van der Waals surface area (Å²) in [7, 11) is 0. The van der Waals surface area contributed by atoms with Gasteiger partial charge >= 0.3 is 5.97 Å². The van der Waals surface area contributed by atoms with E-state index in [-0.39, 0.29) is 11.9 Å². The number of amides is 1. The van der Waals surface area contributed by atoms with E-state index in [0.717, 1.165) is 19.3 Å². The molecule has 0 heterocycles. The summed E-state index contributed by atoms with van der Waals surface area (Å²) >= 11 is 1.20. The van der Waals surface area contributed by atoms with Gasteiger partial charge in [-0.2, -0.15) is 0 Å². The monoisotopic (exact) mass is 355 g/mol. The van der Waals surface area contributed by atoms with E-state index in [9.17, 15) is 9.59 Å². The zero-order valence-corrected chi connectivity index (χ0v) is 14.9. The van der Waals surface area contributed by atoms with Gasteiger partial charge in [-0.25, -0.2) is 0 Å². The maximum absolute atomic E-state index is 12.7. The fourth-order valence-electron chi connectivity index (χ4n) is 3.08. The van der Waals surface area contributed by atoms with Gasteiger partial charge in [0.15, 0.2) is 0 Å². The van der Waals surface area contributed by atoms with E-state index in [0.29, 0.717) is 10.5 Å². The molecule has 3 rings (SSSR count). The Labute approximate surface area is 151 Å². The van der Waals surface area contributed by atoms with Crippen LogP contribution in [0, 0.1) is 0 Å². The van der Waals surface area contributed by atoms with Crippen molar-refractivity contribution in [2.75, 3.05) is 0 Å². The maximum atomic E-state index is 12.7. The van der Waals surface area contributed by atoms with E-state index in [4.69, 9.17) is 5.11 Å². The molecule has 4 nitrogen and oxygen atoms in total. The summed E-state index contributed by atoms with van der Waals surface area (Å²) < 4.78 is 0. The molecular formula is C20H21NO3S. The molecule has 2 atom stereocenters. The number of rotatable bonds is 5. The van der Waals surface area contributed by atoms with E-state index in [1.54, 1.807) is 25.1 Å². The Morgan fingerprint density at radius 1 is 1.12 bits per heavy atom. The van der Waals surface area contributed by atoms with Crippen molar-refractivity contribution >= 4 is 23.6 Å². The van der Waals surface area contributed by atoms with Crippen LogP contribution in [0.25, 0.3) is 0 Å². The third-order valence-electron chi connectivity index (χ3n) is 4.47. The first-order valence-electron chi connectivity index (χ1n) is 8.40. The number of carboxylic acids is 1. The van der Waals surface area contributed by atoms with Crippen molar-refractivity contribution in [3.63, 3.8) is 0 Å². The van der Waals surface area contributed by atoms with E-state index in [2.05, 4.69) is 23.5 Å². The number of carbonyl (C=O) groups excluding carboxylic acids is 1. The quantitative estimate of drug-likeness (QED) is 0.805. The molecule has 0 aromatic heterocycles. The number of benzene rings is 2. The molecule has 5 heteroatoms. The number of nitrogens with one attached hydrogen (secondary N) is 1. The normalized spacial score (nSPS) is 17.4. The second-order valence-corrected chi connectivity index (χ2v) is 7.66. The summed E-state index contributed by atoms with van der Waals surface area (Å²) in [5.74, 6) is -1.02. The molecule has 25 heavy (non-hydrogen) atoms. The van der Waals surface area contributed by atoms with Crippen LogP contribution in [0.5, 0.6) is 0 Å². The number of fused-ring (bicyclic) bond motifs is 1. The van der Waals surface area contributed by atoms with Gasteiger partial charge in [0.05, 0.1) is 5.56 Å². The minimum Gasteiger partial charge on any atom is -0.480 e. The molecule has 0 spiro atoms. The fourth-order valence-corrected chi connectivity index (χ4v) is 4.01. The minimum atomic E-state index is -0.885. The highest BCUT2D eigenvalue weighted by molar-refractivity contribution is 8.00. The second kappa shape index (κ2) is 7.74. The van der Waals surface area contributed by atoms with Crippen molar-refractivity contribution in [1.82, 2.24) is 5.32 Å². The Morgan fingerprint density at radius 2 is 1.80 bits per heavy atom. The van der Waals surface area contributed by atoms with E-state index in [1.165, 1.54) is 22.9 Å². The molecule has 0 aliphatic heterocycles. The third-order valence-corrected chi connectivity index (χ3v) is 5.63. The van der Waals surface area contributed by atoms with Gasteiger partial charge in [0.1, 0.15) is 5.25 Å². The number of hydrogen-bond donors (Lipinski definition) is 2. The summed E-state index contributed by atoms with van der Waals surface area (Å²) in [6.45, 7) is 1.62. The highest BCUT2D eigenvalue weighted by Gasteiger charge is 2.22. The molecule has 1 aliphatic carbocycles. The number of carbonyl (C=O) groups is 2. The van der Waals surface area contributed by atoms with Gasteiger partial charge in [-0.15, -0.1) is 11.8 Å². The zero-order valence-electron chi connectivity index (χ0n) is 14.1. The third kappa shape index (κ3) is 4.23. The van der Waals surface area contributed by atoms with Crippen LogP contribution in [-0.4, -0.2) is 28.3 Å². The summed E-state index contributed by atoms with van der Waals surface area (Å²) in [6, 6.07) is 15.6. The highest BCUT2D eigenvalue weighted by Crippen LogP contribution is 2.27. The molecular weight excluding hydrogens is 334 g/mol. The Kier molecular flexibility index (Phi) is 5.43. The van der Waals surface area contributed by atoms with Crippen molar-refractivity contribution in [3.05, 3.63) is 65.2 Å². The summed E-state index contributed by atoms with van der Waals surface area (Å²) in [4.78, 5) is 24.5.